The lowest BCUT2D eigenvalue weighted by Gasteiger charge is -2.31. The van der Waals surface area contributed by atoms with E-state index in [0.29, 0.717) is 22.7 Å². The van der Waals surface area contributed by atoms with E-state index in [0.717, 1.165) is 11.1 Å². The molecule has 0 unspecified atom stereocenters. The predicted molar refractivity (Wildman–Crippen MR) is 95.7 cm³/mol. The zero-order valence-electron chi connectivity index (χ0n) is 15.0. The van der Waals surface area contributed by atoms with Crippen LogP contribution in [0.25, 0.3) is 0 Å². The molecule has 0 spiro atoms. The molecular weight excluding hydrogens is 318 g/mol. The number of fused-ring (bicyclic) bond motifs is 1. The van der Waals surface area contributed by atoms with Gasteiger partial charge < -0.3 is 9.47 Å². The van der Waals surface area contributed by atoms with Crippen molar-refractivity contribution in [3.05, 3.63) is 53.1 Å². The minimum absolute atomic E-state index is 0.420. The molecule has 0 bridgehead atoms. The predicted octanol–water partition coefficient (Wildman–Crippen LogP) is 3.75. The Morgan fingerprint density at radius 2 is 1.72 bits per heavy atom. The number of ether oxygens (including phenoxy) is 2. The van der Waals surface area contributed by atoms with E-state index in [1.54, 1.807) is 32.4 Å². The van der Waals surface area contributed by atoms with Crippen LogP contribution in [0.3, 0.4) is 0 Å². The van der Waals surface area contributed by atoms with Crippen molar-refractivity contribution in [3.8, 4) is 5.75 Å². The van der Waals surface area contributed by atoms with Gasteiger partial charge in [0.2, 0.25) is 0 Å². The van der Waals surface area contributed by atoms with Crippen molar-refractivity contribution in [1.82, 2.24) is 0 Å². The molecule has 1 heterocycles. The Morgan fingerprint density at radius 3 is 2.36 bits per heavy atom. The zero-order valence-corrected chi connectivity index (χ0v) is 15.0. The van der Waals surface area contributed by atoms with E-state index in [1.165, 1.54) is 4.90 Å². The van der Waals surface area contributed by atoms with Crippen LogP contribution in [-0.2, 0) is 15.1 Å². The van der Waals surface area contributed by atoms with Crippen molar-refractivity contribution in [2.45, 2.75) is 26.4 Å². The summed E-state index contributed by atoms with van der Waals surface area (Å²) in [6.45, 7) is 5.73. The Kier molecular flexibility index (Phi) is 4.13. The van der Waals surface area contributed by atoms with Gasteiger partial charge in [-0.1, -0.05) is 12.1 Å². The number of hydrogen-bond acceptors (Lipinski definition) is 4. The molecule has 3 rings (SSSR count). The number of aryl methyl sites for hydroxylation is 1. The average Bonchev–Trinajstić information content (AvgIpc) is 2.86. The van der Waals surface area contributed by atoms with E-state index in [-0.39, 0.29) is 0 Å². The van der Waals surface area contributed by atoms with Crippen LogP contribution in [-0.4, -0.2) is 25.9 Å². The number of rotatable bonds is 4. The number of ketones is 1. The third-order valence-electron chi connectivity index (χ3n) is 4.68. The molecule has 0 fully saturated rings. The Balaban J connectivity index is 2.31. The highest BCUT2D eigenvalue weighted by molar-refractivity contribution is 6.53. The van der Waals surface area contributed by atoms with E-state index in [4.69, 9.17) is 9.47 Å². The van der Waals surface area contributed by atoms with Gasteiger partial charge >= 0.3 is 5.91 Å². The molecule has 1 aliphatic rings. The summed E-state index contributed by atoms with van der Waals surface area (Å²) >= 11 is 0. The lowest BCUT2D eigenvalue weighted by Crippen LogP contribution is -2.30. The van der Waals surface area contributed by atoms with Crippen molar-refractivity contribution in [1.29, 1.82) is 0 Å². The first-order valence-electron chi connectivity index (χ1n) is 8.04. The molecule has 0 radical (unpaired) electrons. The number of carbonyl (C=O) groups is 2. The third kappa shape index (κ3) is 2.61. The second-order valence-electron chi connectivity index (χ2n) is 6.54. The van der Waals surface area contributed by atoms with Crippen molar-refractivity contribution in [3.63, 3.8) is 0 Å². The molecule has 0 aliphatic carbocycles. The summed E-state index contributed by atoms with van der Waals surface area (Å²) in [6.07, 6.45) is 0. The monoisotopic (exact) mass is 339 g/mol. The molecule has 2 aromatic carbocycles. The fourth-order valence-corrected chi connectivity index (χ4v) is 3.14. The standard InChI is InChI=1S/C20H21NO4/c1-12-10-13(24-4)11-15(20(2,3)25-5)17(12)21-16-9-7-6-8-14(16)18(22)19(21)23/h6-11H,1-5H3. The molecule has 0 aromatic heterocycles. The van der Waals surface area contributed by atoms with Gasteiger partial charge in [0.05, 0.1) is 29.6 Å². The molecule has 1 amide bonds. The molecule has 0 atom stereocenters. The molecule has 130 valence electrons. The number of anilines is 2. The van der Waals surface area contributed by atoms with Crippen molar-refractivity contribution >= 4 is 23.1 Å². The summed E-state index contributed by atoms with van der Waals surface area (Å²) in [6, 6.07) is 10.7. The smallest absolute Gasteiger partial charge is 0.304 e. The van der Waals surface area contributed by atoms with Gasteiger partial charge in [0.25, 0.3) is 5.78 Å². The number of amides is 1. The first kappa shape index (κ1) is 17.2. The molecule has 0 saturated heterocycles. The van der Waals surface area contributed by atoms with Crippen LogP contribution >= 0.6 is 0 Å². The molecule has 5 nitrogen and oxygen atoms in total. The van der Waals surface area contributed by atoms with E-state index < -0.39 is 17.3 Å². The largest absolute Gasteiger partial charge is 0.497 e. The SMILES string of the molecule is COc1cc(C)c(N2C(=O)C(=O)c3ccccc32)c(C(C)(C)OC)c1. The normalized spacial score (nSPS) is 14.0. The van der Waals surface area contributed by atoms with Crippen LogP contribution in [0.4, 0.5) is 11.4 Å². The maximum Gasteiger partial charge on any atom is 0.304 e. The van der Waals surface area contributed by atoms with Gasteiger partial charge in [0.1, 0.15) is 5.75 Å². The zero-order chi connectivity index (χ0) is 18.4. The van der Waals surface area contributed by atoms with Gasteiger partial charge in [-0.3, -0.25) is 14.5 Å². The Morgan fingerprint density at radius 1 is 1.04 bits per heavy atom. The van der Waals surface area contributed by atoms with Crippen LogP contribution < -0.4 is 9.64 Å². The minimum Gasteiger partial charge on any atom is -0.497 e. The summed E-state index contributed by atoms with van der Waals surface area (Å²) in [7, 11) is 3.21. The molecule has 1 aliphatic heterocycles. The minimum atomic E-state index is -0.671. The van der Waals surface area contributed by atoms with Crippen molar-refractivity contribution < 1.29 is 19.1 Å². The second kappa shape index (κ2) is 6.01. The summed E-state index contributed by atoms with van der Waals surface area (Å²) in [5.74, 6) is -0.373. The van der Waals surface area contributed by atoms with E-state index in [2.05, 4.69) is 0 Å². The summed E-state index contributed by atoms with van der Waals surface area (Å²) in [5.41, 5.74) is 2.62. The van der Waals surface area contributed by atoms with Gasteiger partial charge in [-0.25, -0.2) is 0 Å². The van der Waals surface area contributed by atoms with Crippen LogP contribution in [0.1, 0.15) is 35.3 Å². The lowest BCUT2D eigenvalue weighted by molar-refractivity contribution is -0.113. The number of benzene rings is 2. The molecule has 5 heteroatoms. The van der Waals surface area contributed by atoms with Gasteiger partial charge in [-0.05, 0) is 50.6 Å². The van der Waals surface area contributed by atoms with Crippen LogP contribution in [0.15, 0.2) is 36.4 Å². The Bertz CT molecular complexity index is 870. The number of nitrogens with zero attached hydrogens (tertiary/aromatic N) is 1. The molecule has 2 aromatic rings. The maximum atomic E-state index is 12.7. The van der Waals surface area contributed by atoms with Gasteiger partial charge in [-0.2, -0.15) is 0 Å². The van der Waals surface area contributed by atoms with Crippen LogP contribution in [0, 0.1) is 6.92 Å². The van der Waals surface area contributed by atoms with Crippen molar-refractivity contribution in [2.24, 2.45) is 0 Å². The van der Waals surface area contributed by atoms with Crippen molar-refractivity contribution in [2.75, 3.05) is 19.1 Å². The Hall–Kier alpha value is -2.66. The fourth-order valence-electron chi connectivity index (χ4n) is 3.14. The number of para-hydroxylation sites is 1. The quantitative estimate of drug-likeness (QED) is 0.796. The molecule has 25 heavy (non-hydrogen) atoms. The first-order chi connectivity index (χ1) is 11.8. The number of Topliss-reactive ketones (excluding diaryl/α,β-unsaturated/α-hetero) is 1. The fraction of sp³-hybridized carbons (Fsp3) is 0.300. The number of hydrogen-bond donors (Lipinski definition) is 0. The Labute approximate surface area is 147 Å². The second-order valence-corrected chi connectivity index (χ2v) is 6.54. The highest BCUT2D eigenvalue weighted by Crippen LogP contribution is 2.44. The first-order valence-corrected chi connectivity index (χ1v) is 8.04. The number of methoxy groups -OCH3 is 2. The van der Waals surface area contributed by atoms with Gasteiger partial charge in [0.15, 0.2) is 0 Å². The summed E-state index contributed by atoms with van der Waals surface area (Å²) in [5, 5.41) is 0. The van der Waals surface area contributed by atoms with Crippen LogP contribution in [0.5, 0.6) is 5.75 Å². The third-order valence-corrected chi connectivity index (χ3v) is 4.68. The van der Waals surface area contributed by atoms with E-state index >= 15 is 0 Å². The maximum absolute atomic E-state index is 12.7. The van der Waals surface area contributed by atoms with Gasteiger partial charge in [-0.15, -0.1) is 0 Å². The van der Waals surface area contributed by atoms with Gasteiger partial charge in [0, 0.05) is 12.7 Å². The van der Waals surface area contributed by atoms with E-state index in [9.17, 15) is 9.59 Å². The number of carbonyl (C=O) groups excluding carboxylic acids is 2. The topological polar surface area (TPSA) is 55.8 Å². The summed E-state index contributed by atoms with van der Waals surface area (Å²) < 4.78 is 11.0. The highest BCUT2D eigenvalue weighted by Gasteiger charge is 2.40. The summed E-state index contributed by atoms with van der Waals surface area (Å²) in [4.78, 5) is 26.6. The molecule has 0 N–H and O–H groups in total. The van der Waals surface area contributed by atoms with E-state index in [1.807, 2.05) is 39.0 Å². The van der Waals surface area contributed by atoms with Crippen LogP contribution in [0.2, 0.25) is 0 Å². The average molecular weight is 339 g/mol. The molecule has 0 saturated carbocycles. The lowest BCUT2D eigenvalue weighted by atomic mass is 9.92. The highest BCUT2D eigenvalue weighted by atomic mass is 16.5. The molecular formula is C20H21NO4.